The fraction of sp³-hybridized carbons (Fsp3) is 0.0952. The summed E-state index contributed by atoms with van der Waals surface area (Å²) in [7, 11) is 0. The molecule has 158 valence electrons. The van der Waals surface area contributed by atoms with Crippen molar-refractivity contribution in [2.24, 2.45) is 0 Å². The van der Waals surface area contributed by atoms with Gasteiger partial charge in [0.25, 0.3) is 0 Å². The quantitative estimate of drug-likeness (QED) is 0.343. The van der Waals surface area contributed by atoms with Crippen molar-refractivity contribution in [1.29, 1.82) is 0 Å². The zero-order valence-electron chi connectivity index (χ0n) is 15.9. The van der Waals surface area contributed by atoms with Crippen molar-refractivity contribution >= 4 is 46.6 Å². The number of benzene rings is 2. The smallest absolute Gasteiger partial charge is 0.234 e. The Hall–Kier alpha value is -2.81. The number of carbonyl (C=O) groups excluding carboxylic acids is 1. The highest BCUT2D eigenvalue weighted by atomic mass is 35.5. The van der Waals surface area contributed by atoms with Gasteiger partial charge in [0.05, 0.1) is 28.6 Å². The lowest BCUT2D eigenvalue weighted by atomic mass is 10.2. The van der Waals surface area contributed by atoms with Crippen LogP contribution in [0.15, 0.2) is 70.4 Å². The minimum absolute atomic E-state index is 0.0620. The zero-order chi connectivity index (χ0) is 21.8. The van der Waals surface area contributed by atoms with Crippen molar-refractivity contribution in [2.45, 2.75) is 11.7 Å². The van der Waals surface area contributed by atoms with Crippen LogP contribution in [-0.4, -0.2) is 26.4 Å². The van der Waals surface area contributed by atoms with Crippen LogP contribution in [0.4, 0.5) is 10.1 Å². The van der Waals surface area contributed by atoms with Gasteiger partial charge in [0.1, 0.15) is 11.6 Å². The Balaban J connectivity index is 1.54. The third-order valence-corrected chi connectivity index (χ3v) is 5.85. The van der Waals surface area contributed by atoms with Gasteiger partial charge in [-0.15, -0.1) is 10.2 Å². The molecular formula is C21H15Cl2FN4O2S. The van der Waals surface area contributed by atoms with Crippen LogP contribution in [-0.2, 0) is 11.3 Å². The van der Waals surface area contributed by atoms with Gasteiger partial charge in [0.15, 0.2) is 11.0 Å². The molecule has 2 aromatic heterocycles. The van der Waals surface area contributed by atoms with Gasteiger partial charge in [0, 0.05) is 11.3 Å². The maximum absolute atomic E-state index is 13.3. The second-order valence-corrected chi connectivity index (χ2v) is 8.17. The molecule has 4 aromatic rings. The zero-order valence-corrected chi connectivity index (χ0v) is 18.2. The minimum atomic E-state index is -0.549. The van der Waals surface area contributed by atoms with Crippen molar-refractivity contribution < 1.29 is 13.6 Å². The van der Waals surface area contributed by atoms with Crippen molar-refractivity contribution in [1.82, 2.24) is 14.8 Å². The van der Waals surface area contributed by atoms with Crippen LogP contribution >= 0.6 is 35.0 Å². The molecule has 6 nitrogen and oxygen atoms in total. The molecule has 2 heterocycles. The summed E-state index contributed by atoms with van der Waals surface area (Å²) in [6.07, 6.45) is 1.59. The van der Waals surface area contributed by atoms with E-state index in [1.807, 2.05) is 28.8 Å². The summed E-state index contributed by atoms with van der Waals surface area (Å²) in [6, 6.07) is 15.0. The molecule has 2 aromatic carbocycles. The molecule has 0 spiro atoms. The SMILES string of the molecule is O=C(CSc1nnc(-c2ccccc2Cl)n1Cc1ccco1)Nc1ccc(F)c(Cl)c1. The molecule has 31 heavy (non-hydrogen) atoms. The molecule has 0 saturated carbocycles. The van der Waals surface area contributed by atoms with E-state index < -0.39 is 5.82 Å². The van der Waals surface area contributed by atoms with E-state index in [1.165, 1.54) is 30.0 Å². The third-order valence-electron chi connectivity index (χ3n) is 4.26. The molecule has 1 N–H and O–H groups in total. The predicted octanol–water partition coefficient (Wildman–Crippen LogP) is 5.76. The van der Waals surface area contributed by atoms with Crippen LogP contribution in [0.3, 0.4) is 0 Å². The second-order valence-electron chi connectivity index (χ2n) is 6.42. The Morgan fingerprint density at radius 2 is 1.94 bits per heavy atom. The maximum Gasteiger partial charge on any atom is 0.234 e. The van der Waals surface area contributed by atoms with Crippen LogP contribution in [0, 0.1) is 5.82 Å². The molecule has 0 atom stereocenters. The Morgan fingerprint density at radius 1 is 1.10 bits per heavy atom. The molecule has 0 bridgehead atoms. The first-order valence-corrected chi connectivity index (χ1v) is 10.8. The van der Waals surface area contributed by atoms with E-state index in [4.69, 9.17) is 27.6 Å². The molecular weight excluding hydrogens is 462 g/mol. The molecule has 0 unspecified atom stereocenters. The molecule has 0 aliphatic carbocycles. The van der Waals surface area contributed by atoms with Crippen LogP contribution in [0.2, 0.25) is 10.0 Å². The van der Waals surface area contributed by atoms with Crippen molar-refractivity contribution in [2.75, 3.05) is 11.1 Å². The van der Waals surface area contributed by atoms with Crippen LogP contribution in [0.25, 0.3) is 11.4 Å². The monoisotopic (exact) mass is 476 g/mol. The molecule has 0 aliphatic rings. The lowest BCUT2D eigenvalue weighted by molar-refractivity contribution is -0.113. The highest BCUT2D eigenvalue weighted by Crippen LogP contribution is 2.30. The van der Waals surface area contributed by atoms with Gasteiger partial charge in [-0.2, -0.15) is 0 Å². The fourth-order valence-electron chi connectivity index (χ4n) is 2.84. The fourth-order valence-corrected chi connectivity index (χ4v) is 3.98. The highest BCUT2D eigenvalue weighted by molar-refractivity contribution is 7.99. The van der Waals surface area contributed by atoms with E-state index in [9.17, 15) is 9.18 Å². The highest BCUT2D eigenvalue weighted by Gasteiger charge is 2.18. The van der Waals surface area contributed by atoms with Gasteiger partial charge in [-0.3, -0.25) is 9.36 Å². The number of anilines is 1. The summed E-state index contributed by atoms with van der Waals surface area (Å²) < 4.78 is 20.6. The molecule has 0 fully saturated rings. The number of carbonyl (C=O) groups is 1. The number of hydrogen-bond acceptors (Lipinski definition) is 5. The molecule has 0 radical (unpaired) electrons. The van der Waals surface area contributed by atoms with Crippen molar-refractivity contribution in [3.63, 3.8) is 0 Å². The molecule has 0 saturated heterocycles. The number of rotatable bonds is 7. The Morgan fingerprint density at radius 3 is 2.68 bits per heavy atom. The number of aromatic nitrogens is 3. The van der Waals surface area contributed by atoms with E-state index in [1.54, 1.807) is 18.4 Å². The van der Waals surface area contributed by atoms with E-state index >= 15 is 0 Å². The Bertz CT molecular complexity index is 1210. The summed E-state index contributed by atoms with van der Waals surface area (Å²) in [5.41, 5.74) is 1.13. The van der Waals surface area contributed by atoms with E-state index in [-0.39, 0.29) is 16.7 Å². The number of nitrogens with zero attached hydrogens (tertiary/aromatic N) is 3. The molecule has 10 heteroatoms. The largest absolute Gasteiger partial charge is 0.467 e. The summed E-state index contributed by atoms with van der Waals surface area (Å²) in [5.74, 6) is 0.496. The Kier molecular flexibility index (Phi) is 6.60. The van der Waals surface area contributed by atoms with Gasteiger partial charge in [-0.25, -0.2) is 4.39 Å². The van der Waals surface area contributed by atoms with Crippen molar-refractivity contribution in [3.8, 4) is 11.4 Å². The predicted molar refractivity (Wildman–Crippen MR) is 119 cm³/mol. The second kappa shape index (κ2) is 9.55. The summed E-state index contributed by atoms with van der Waals surface area (Å²) in [5, 5.41) is 12.2. The number of amides is 1. The standard InChI is InChI=1S/C21H15Cl2FN4O2S/c22-16-6-2-1-5-15(16)20-26-27-21(28(20)11-14-4-3-9-30-14)31-12-19(29)25-13-7-8-18(24)17(23)10-13/h1-10H,11-12H2,(H,25,29). The normalized spacial score (nSPS) is 10.9. The number of halogens is 3. The van der Waals surface area contributed by atoms with Crippen LogP contribution in [0.5, 0.6) is 0 Å². The average molecular weight is 477 g/mol. The first kappa shape index (κ1) is 21.4. The first-order chi connectivity index (χ1) is 15.0. The molecule has 0 aliphatic heterocycles. The number of furan rings is 1. The molecule has 1 amide bonds. The van der Waals surface area contributed by atoms with Crippen LogP contribution in [0.1, 0.15) is 5.76 Å². The van der Waals surface area contributed by atoms with Gasteiger partial charge in [0.2, 0.25) is 5.91 Å². The van der Waals surface area contributed by atoms with Gasteiger partial charge in [-0.1, -0.05) is 47.1 Å². The topological polar surface area (TPSA) is 73.0 Å². The van der Waals surface area contributed by atoms with Crippen LogP contribution < -0.4 is 5.32 Å². The summed E-state index contributed by atoms with van der Waals surface area (Å²) in [4.78, 5) is 12.4. The van der Waals surface area contributed by atoms with E-state index in [0.29, 0.717) is 34.0 Å². The van der Waals surface area contributed by atoms with Crippen molar-refractivity contribution in [3.05, 3.63) is 82.5 Å². The van der Waals surface area contributed by atoms with Gasteiger partial charge < -0.3 is 9.73 Å². The number of nitrogens with one attached hydrogen (secondary N) is 1. The number of thioether (sulfide) groups is 1. The first-order valence-electron chi connectivity index (χ1n) is 9.09. The van der Waals surface area contributed by atoms with E-state index in [0.717, 1.165) is 5.56 Å². The van der Waals surface area contributed by atoms with Gasteiger partial charge >= 0.3 is 0 Å². The lowest BCUT2D eigenvalue weighted by Crippen LogP contribution is -2.15. The Labute approximate surface area is 191 Å². The average Bonchev–Trinajstić information content (AvgIpc) is 3.40. The van der Waals surface area contributed by atoms with E-state index in [2.05, 4.69) is 15.5 Å². The summed E-state index contributed by atoms with van der Waals surface area (Å²) >= 11 is 13.3. The van der Waals surface area contributed by atoms with Gasteiger partial charge in [-0.05, 0) is 42.5 Å². The third kappa shape index (κ3) is 5.10. The number of hydrogen-bond donors (Lipinski definition) is 1. The molecule has 4 rings (SSSR count). The lowest BCUT2D eigenvalue weighted by Gasteiger charge is -2.10. The summed E-state index contributed by atoms with van der Waals surface area (Å²) in [6.45, 7) is 0.373. The maximum atomic E-state index is 13.3. The minimum Gasteiger partial charge on any atom is -0.467 e.